The maximum atomic E-state index is 12.7. The lowest BCUT2D eigenvalue weighted by Crippen LogP contribution is -2.59. The summed E-state index contributed by atoms with van der Waals surface area (Å²) in [5.74, 6) is 0.506. The van der Waals surface area contributed by atoms with E-state index >= 15 is 0 Å². The number of carbonyl (C=O) groups is 1. The molecule has 28 heavy (non-hydrogen) atoms. The summed E-state index contributed by atoms with van der Waals surface area (Å²) in [6.45, 7) is 5.83. The van der Waals surface area contributed by atoms with E-state index in [0.717, 1.165) is 30.4 Å². The summed E-state index contributed by atoms with van der Waals surface area (Å²) in [5.41, 5.74) is 2.70. The summed E-state index contributed by atoms with van der Waals surface area (Å²) in [6.07, 6.45) is -0.859. The predicted molar refractivity (Wildman–Crippen MR) is 101 cm³/mol. The average molecular weight is 396 g/mol. The van der Waals surface area contributed by atoms with E-state index in [1.54, 1.807) is 6.08 Å². The van der Waals surface area contributed by atoms with E-state index in [4.69, 9.17) is 9.47 Å². The molecule has 7 nitrogen and oxygen atoms in total. The first-order valence-electron chi connectivity index (χ1n) is 10.0. The van der Waals surface area contributed by atoms with Crippen LogP contribution >= 0.6 is 0 Å². The summed E-state index contributed by atoms with van der Waals surface area (Å²) >= 11 is 0. The van der Waals surface area contributed by atoms with Gasteiger partial charge in [0.1, 0.15) is 24.4 Å². The molecule has 0 bridgehead atoms. The Morgan fingerprint density at radius 3 is 2.68 bits per heavy atom. The second kappa shape index (κ2) is 8.34. The van der Waals surface area contributed by atoms with Crippen LogP contribution in [0.2, 0.25) is 0 Å². The Balaban J connectivity index is 1.73. The number of aliphatic hydroxyl groups is 4. The van der Waals surface area contributed by atoms with Gasteiger partial charge >= 0.3 is 0 Å². The molecule has 0 aromatic rings. The number of fused-ring (bicyclic) bond motifs is 1. The zero-order valence-corrected chi connectivity index (χ0v) is 16.8. The highest BCUT2D eigenvalue weighted by atomic mass is 16.7. The summed E-state index contributed by atoms with van der Waals surface area (Å²) in [7, 11) is 0. The number of ether oxygens (including phenoxy) is 2. The van der Waals surface area contributed by atoms with Crippen molar-refractivity contribution in [3.63, 3.8) is 0 Å². The van der Waals surface area contributed by atoms with Crippen molar-refractivity contribution in [1.29, 1.82) is 0 Å². The molecule has 3 aliphatic rings. The van der Waals surface area contributed by atoms with Crippen LogP contribution in [0.3, 0.4) is 0 Å². The van der Waals surface area contributed by atoms with Crippen molar-refractivity contribution in [2.45, 2.75) is 77.2 Å². The molecule has 0 spiro atoms. The maximum absolute atomic E-state index is 12.7. The second-order valence-corrected chi connectivity index (χ2v) is 8.69. The molecule has 0 amide bonds. The molecule has 1 saturated heterocycles. The van der Waals surface area contributed by atoms with E-state index in [1.807, 2.05) is 6.92 Å². The highest BCUT2D eigenvalue weighted by molar-refractivity contribution is 6.06. The third-order valence-corrected chi connectivity index (χ3v) is 6.88. The highest BCUT2D eigenvalue weighted by Crippen LogP contribution is 2.51. The number of rotatable bonds is 4. The molecule has 0 aromatic heterocycles. The first kappa shape index (κ1) is 21.6. The van der Waals surface area contributed by atoms with Gasteiger partial charge in [0.25, 0.3) is 0 Å². The molecule has 1 aliphatic heterocycles. The van der Waals surface area contributed by atoms with Crippen LogP contribution in [-0.4, -0.2) is 70.1 Å². The van der Waals surface area contributed by atoms with Crippen molar-refractivity contribution < 1.29 is 34.7 Å². The van der Waals surface area contributed by atoms with Gasteiger partial charge in [0, 0.05) is 5.57 Å². The van der Waals surface area contributed by atoms with Crippen LogP contribution in [0.1, 0.15) is 46.5 Å². The third kappa shape index (κ3) is 3.84. The Kier molecular flexibility index (Phi) is 6.44. The van der Waals surface area contributed by atoms with E-state index in [1.165, 1.54) is 5.57 Å². The SMILES string of the molecule is C/C(CO[C@@H]1O[C@H](CO)[C@@H](O)[C@H](O)[C@H]1O)=C1\C[C@@]2(C)C(=CC1=O)CCC[C@@H]2C. The number of hydrogen-bond donors (Lipinski definition) is 4. The lowest BCUT2D eigenvalue weighted by molar-refractivity contribution is -0.299. The molecule has 158 valence electrons. The molecule has 1 heterocycles. The van der Waals surface area contributed by atoms with Crippen molar-refractivity contribution in [2.75, 3.05) is 13.2 Å². The van der Waals surface area contributed by atoms with Crippen LogP contribution in [0.4, 0.5) is 0 Å². The molecule has 7 atom stereocenters. The molecule has 2 aliphatic carbocycles. The van der Waals surface area contributed by atoms with Crippen molar-refractivity contribution in [3.05, 3.63) is 22.8 Å². The van der Waals surface area contributed by atoms with Crippen LogP contribution in [-0.2, 0) is 14.3 Å². The Labute approximate surface area is 165 Å². The molecule has 0 aromatic carbocycles. The fraction of sp³-hybridized carbons (Fsp3) is 0.762. The number of carbonyl (C=O) groups excluding carboxylic acids is 1. The lowest BCUT2D eigenvalue weighted by atomic mass is 9.59. The summed E-state index contributed by atoms with van der Waals surface area (Å²) in [6, 6.07) is 0. The smallest absolute Gasteiger partial charge is 0.187 e. The Bertz CT molecular complexity index is 668. The Morgan fingerprint density at radius 1 is 1.29 bits per heavy atom. The van der Waals surface area contributed by atoms with Crippen molar-refractivity contribution in [3.8, 4) is 0 Å². The predicted octanol–water partition coefficient (Wildman–Crippen LogP) is 0.845. The van der Waals surface area contributed by atoms with E-state index < -0.39 is 37.3 Å². The normalized spacial score (nSPS) is 43.4. The van der Waals surface area contributed by atoms with Crippen LogP contribution in [0.25, 0.3) is 0 Å². The van der Waals surface area contributed by atoms with Crippen LogP contribution in [0.5, 0.6) is 0 Å². The minimum absolute atomic E-state index is 0.0106. The molecule has 7 heteroatoms. The fourth-order valence-corrected chi connectivity index (χ4v) is 4.60. The van der Waals surface area contributed by atoms with Gasteiger partial charge < -0.3 is 29.9 Å². The van der Waals surface area contributed by atoms with E-state index in [-0.39, 0.29) is 17.8 Å². The molecule has 0 unspecified atom stereocenters. The molecule has 0 radical (unpaired) electrons. The molecule has 1 saturated carbocycles. The van der Waals surface area contributed by atoms with Crippen LogP contribution in [0, 0.1) is 11.3 Å². The topological polar surface area (TPSA) is 116 Å². The van der Waals surface area contributed by atoms with Gasteiger partial charge in [-0.1, -0.05) is 19.4 Å². The molecule has 3 rings (SSSR count). The van der Waals surface area contributed by atoms with Gasteiger partial charge in [0.05, 0.1) is 13.2 Å². The molecular weight excluding hydrogens is 364 g/mol. The minimum Gasteiger partial charge on any atom is -0.394 e. The highest BCUT2D eigenvalue weighted by Gasteiger charge is 2.45. The van der Waals surface area contributed by atoms with Gasteiger partial charge in [-0.2, -0.15) is 0 Å². The van der Waals surface area contributed by atoms with E-state index in [2.05, 4.69) is 13.8 Å². The minimum atomic E-state index is -1.48. The number of ketones is 1. The first-order valence-corrected chi connectivity index (χ1v) is 10.0. The number of allylic oxidation sites excluding steroid dienone is 3. The van der Waals surface area contributed by atoms with Crippen molar-refractivity contribution >= 4 is 5.78 Å². The molecule has 4 N–H and O–H groups in total. The standard InChI is InChI=1S/C21H32O7/c1-11(10-27-20-19(26)18(25)17(24)16(9-22)28-20)14-8-21(3)12(2)5-4-6-13(21)7-15(14)23/h7,12,16-20,22,24-26H,4-6,8-10H2,1-3H3/b14-11-/t12-,16+,17+,18-,19+,20+,21+/m0/s1. The molecule has 2 fully saturated rings. The third-order valence-electron chi connectivity index (χ3n) is 6.88. The quantitative estimate of drug-likeness (QED) is 0.521. The van der Waals surface area contributed by atoms with Gasteiger partial charge in [-0.05, 0) is 55.6 Å². The fourth-order valence-electron chi connectivity index (χ4n) is 4.60. The van der Waals surface area contributed by atoms with Crippen molar-refractivity contribution in [2.24, 2.45) is 11.3 Å². The number of hydrogen-bond acceptors (Lipinski definition) is 7. The largest absolute Gasteiger partial charge is 0.394 e. The van der Waals surface area contributed by atoms with Crippen molar-refractivity contribution in [1.82, 2.24) is 0 Å². The van der Waals surface area contributed by atoms with Crippen LogP contribution < -0.4 is 0 Å². The Hall–Kier alpha value is -1.09. The van der Waals surface area contributed by atoms with E-state index in [9.17, 15) is 25.2 Å². The average Bonchev–Trinajstić information content (AvgIpc) is 2.67. The number of aliphatic hydroxyl groups excluding tert-OH is 4. The van der Waals surface area contributed by atoms with Crippen LogP contribution in [0.15, 0.2) is 22.8 Å². The lowest BCUT2D eigenvalue weighted by Gasteiger charge is -2.45. The van der Waals surface area contributed by atoms with Gasteiger partial charge in [-0.25, -0.2) is 0 Å². The van der Waals surface area contributed by atoms with E-state index in [0.29, 0.717) is 12.3 Å². The second-order valence-electron chi connectivity index (χ2n) is 8.69. The zero-order valence-electron chi connectivity index (χ0n) is 16.8. The molecular formula is C21H32O7. The van der Waals surface area contributed by atoms with Gasteiger partial charge in [-0.3, -0.25) is 4.79 Å². The zero-order chi connectivity index (χ0) is 20.6. The Morgan fingerprint density at radius 2 is 2.00 bits per heavy atom. The maximum Gasteiger partial charge on any atom is 0.187 e. The summed E-state index contributed by atoms with van der Waals surface area (Å²) < 4.78 is 11.0. The monoisotopic (exact) mass is 396 g/mol. The van der Waals surface area contributed by atoms with Gasteiger partial charge in [0.15, 0.2) is 12.1 Å². The van der Waals surface area contributed by atoms with Gasteiger partial charge in [0.2, 0.25) is 0 Å². The van der Waals surface area contributed by atoms with Gasteiger partial charge in [-0.15, -0.1) is 0 Å². The first-order chi connectivity index (χ1) is 13.2. The summed E-state index contributed by atoms with van der Waals surface area (Å²) in [5, 5.41) is 39.1. The summed E-state index contributed by atoms with van der Waals surface area (Å²) in [4.78, 5) is 12.7.